The van der Waals surface area contributed by atoms with Crippen molar-refractivity contribution in [3.8, 4) is 23.7 Å². The first-order valence-corrected chi connectivity index (χ1v) is 12.2. The van der Waals surface area contributed by atoms with Crippen LogP contribution in [-0.2, 0) is 16.1 Å². The van der Waals surface area contributed by atoms with Crippen LogP contribution in [0.3, 0.4) is 0 Å². The minimum absolute atomic E-state index is 0.0282. The van der Waals surface area contributed by atoms with E-state index in [1.165, 1.54) is 30.6 Å². The second-order valence-corrected chi connectivity index (χ2v) is 8.57. The molecule has 0 aromatic heterocycles. The van der Waals surface area contributed by atoms with Crippen LogP contribution in [-0.4, -0.2) is 46.7 Å². The molecule has 9 nitrogen and oxygen atoms in total. The van der Waals surface area contributed by atoms with Gasteiger partial charge in [0.05, 0.1) is 12.6 Å². The van der Waals surface area contributed by atoms with E-state index < -0.39 is 24.0 Å². The van der Waals surface area contributed by atoms with Gasteiger partial charge in [0.25, 0.3) is 11.8 Å². The minimum Gasteiger partial charge on any atom is -0.391 e. The molecule has 0 aliphatic heterocycles. The van der Waals surface area contributed by atoms with Crippen molar-refractivity contribution < 1.29 is 29.1 Å². The van der Waals surface area contributed by atoms with E-state index in [0.717, 1.165) is 0 Å². The summed E-state index contributed by atoms with van der Waals surface area (Å²) in [6, 6.07) is 18.2. The Bertz CT molecular complexity index is 1470. The molecular formula is C30H27FN4O5. The van der Waals surface area contributed by atoms with Crippen LogP contribution in [0.4, 0.5) is 10.1 Å². The van der Waals surface area contributed by atoms with Crippen LogP contribution in [0.1, 0.15) is 34.0 Å². The monoisotopic (exact) mass is 542 g/mol. The van der Waals surface area contributed by atoms with Crippen LogP contribution < -0.4 is 21.4 Å². The number of aliphatic hydroxyl groups excluding tert-OH is 1. The normalized spacial score (nSPS) is 11.5. The van der Waals surface area contributed by atoms with E-state index >= 15 is 0 Å². The zero-order valence-electron chi connectivity index (χ0n) is 21.5. The molecule has 0 heterocycles. The lowest BCUT2D eigenvalue weighted by Crippen LogP contribution is -2.51. The maximum absolute atomic E-state index is 13.6. The molecule has 0 spiro atoms. The number of benzene rings is 3. The summed E-state index contributed by atoms with van der Waals surface area (Å²) in [6.07, 6.45) is -1.21. The number of anilines is 1. The topological polar surface area (TPSA) is 140 Å². The zero-order chi connectivity index (χ0) is 28.9. The van der Waals surface area contributed by atoms with E-state index in [1.807, 2.05) is 0 Å². The van der Waals surface area contributed by atoms with Crippen molar-refractivity contribution in [3.63, 3.8) is 0 Å². The molecule has 3 aromatic carbocycles. The van der Waals surface area contributed by atoms with E-state index in [4.69, 9.17) is 5.21 Å². The quantitative estimate of drug-likeness (QED) is 0.139. The van der Waals surface area contributed by atoms with E-state index in [0.29, 0.717) is 22.4 Å². The summed E-state index contributed by atoms with van der Waals surface area (Å²) in [6.45, 7) is 1.58. The predicted octanol–water partition coefficient (Wildman–Crippen LogP) is 1.94. The Morgan fingerprint density at radius 2 is 1.50 bits per heavy atom. The third kappa shape index (κ3) is 9.08. The molecule has 0 saturated heterocycles. The molecule has 2 unspecified atom stereocenters. The molecule has 0 saturated carbocycles. The largest absolute Gasteiger partial charge is 0.391 e. The third-order valence-corrected chi connectivity index (χ3v) is 5.51. The number of hydrogen-bond donors (Lipinski definition) is 6. The Morgan fingerprint density at radius 3 is 2.08 bits per heavy atom. The molecule has 0 aliphatic carbocycles. The van der Waals surface area contributed by atoms with Gasteiger partial charge < -0.3 is 21.1 Å². The van der Waals surface area contributed by atoms with Gasteiger partial charge in [-0.2, -0.15) is 0 Å². The molecular weight excluding hydrogens is 515 g/mol. The van der Waals surface area contributed by atoms with Crippen molar-refractivity contribution in [1.82, 2.24) is 16.1 Å². The number of hydroxylamine groups is 1. The van der Waals surface area contributed by atoms with Gasteiger partial charge in [0.1, 0.15) is 11.9 Å². The third-order valence-electron chi connectivity index (χ3n) is 5.51. The Kier molecular flexibility index (Phi) is 10.9. The van der Waals surface area contributed by atoms with E-state index in [1.54, 1.807) is 54.6 Å². The van der Waals surface area contributed by atoms with E-state index in [2.05, 4.69) is 39.6 Å². The zero-order valence-corrected chi connectivity index (χ0v) is 21.5. The summed E-state index contributed by atoms with van der Waals surface area (Å²) in [5.41, 5.74) is 4.01. The van der Waals surface area contributed by atoms with Crippen molar-refractivity contribution in [2.75, 3.05) is 11.9 Å². The molecule has 0 radical (unpaired) electrons. The van der Waals surface area contributed by atoms with Crippen LogP contribution in [0.5, 0.6) is 0 Å². The van der Waals surface area contributed by atoms with Crippen LogP contribution in [0, 0.1) is 29.5 Å². The van der Waals surface area contributed by atoms with E-state index in [9.17, 15) is 23.9 Å². The van der Waals surface area contributed by atoms with Gasteiger partial charge in [-0.15, -0.1) is 0 Å². The fraction of sp³-hybridized carbons (Fsp3) is 0.167. The molecule has 3 rings (SSSR count). The highest BCUT2D eigenvalue weighted by Gasteiger charge is 2.25. The Balaban J connectivity index is 1.48. The van der Waals surface area contributed by atoms with Crippen molar-refractivity contribution in [2.45, 2.75) is 25.6 Å². The van der Waals surface area contributed by atoms with Crippen LogP contribution in [0.15, 0.2) is 72.8 Å². The number of halogens is 1. The molecule has 2 atom stereocenters. The summed E-state index contributed by atoms with van der Waals surface area (Å²) < 4.78 is 13.6. The number of amides is 3. The maximum Gasteiger partial charge on any atom is 0.268 e. The number of carbonyl (C=O) groups excluding carboxylic acids is 3. The van der Waals surface area contributed by atoms with Crippen LogP contribution in [0.25, 0.3) is 0 Å². The summed E-state index contributed by atoms with van der Waals surface area (Å²) in [5.74, 6) is 9.10. The molecule has 3 amide bonds. The molecule has 40 heavy (non-hydrogen) atoms. The smallest absolute Gasteiger partial charge is 0.268 e. The fourth-order valence-corrected chi connectivity index (χ4v) is 3.41. The number of carbonyl (C=O) groups is 3. The van der Waals surface area contributed by atoms with Crippen molar-refractivity contribution in [1.29, 1.82) is 0 Å². The van der Waals surface area contributed by atoms with Gasteiger partial charge >= 0.3 is 0 Å². The molecule has 204 valence electrons. The standard InChI is InChI=1S/C30H27FN4O5/c1-20(36)28(30(39)35-40)34-29(38)23-14-10-21(11-15-23)6-2-3-7-22-12-16-25(17-13-22)33-27(37)19-32-18-24-8-4-5-9-26(24)31/h4-5,8-17,20,28,32,36,40H,18-19H2,1H3,(H,33,37)(H,34,38)(H,35,39). The van der Waals surface area contributed by atoms with Crippen molar-refractivity contribution in [3.05, 3.63) is 101 Å². The lowest BCUT2D eigenvalue weighted by Gasteiger charge is -2.19. The number of aliphatic hydroxyl groups is 1. The average molecular weight is 543 g/mol. The Morgan fingerprint density at radius 1 is 0.900 bits per heavy atom. The SMILES string of the molecule is CC(O)C(NC(=O)c1ccc(C#CC#Cc2ccc(NC(=O)CNCc3ccccc3F)cc2)cc1)C(=O)NO. The van der Waals surface area contributed by atoms with Crippen LogP contribution >= 0.6 is 0 Å². The average Bonchev–Trinajstić information content (AvgIpc) is 2.95. The maximum atomic E-state index is 13.6. The van der Waals surface area contributed by atoms with Gasteiger partial charge in [-0.05, 0) is 73.4 Å². The molecule has 0 bridgehead atoms. The van der Waals surface area contributed by atoms with Crippen molar-refractivity contribution >= 4 is 23.4 Å². The van der Waals surface area contributed by atoms with Gasteiger partial charge in [-0.25, -0.2) is 9.87 Å². The summed E-state index contributed by atoms with van der Waals surface area (Å²) in [5, 5.41) is 26.4. The van der Waals surface area contributed by atoms with Gasteiger partial charge in [-0.3, -0.25) is 19.6 Å². The summed E-state index contributed by atoms with van der Waals surface area (Å²) in [7, 11) is 0. The first-order valence-electron chi connectivity index (χ1n) is 12.2. The highest BCUT2D eigenvalue weighted by Crippen LogP contribution is 2.09. The fourth-order valence-electron chi connectivity index (χ4n) is 3.41. The molecule has 6 N–H and O–H groups in total. The molecule has 0 fully saturated rings. The first kappa shape index (κ1) is 29.6. The lowest BCUT2D eigenvalue weighted by atomic mass is 10.1. The highest BCUT2D eigenvalue weighted by molar-refractivity contribution is 5.97. The van der Waals surface area contributed by atoms with Gasteiger partial charge in [0.15, 0.2) is 0 Å². The second-order valence-electron chi connectivity index (χ2n) is 8.57. The van der Waals surface area contributed by atoms with Gasteiger partial charge in [0.2, 0.25) is 5.91 Å². The van der Waals surface area contributed by atoms with Crippen molar-refractivity contribution in [2.24, 2.45) is 0 Å². The summed E-state index contributed by atoms with van der Waals surface area (Å²) in [4.78, 5) is 36.0. The number of rotatable bonds is 9. The molecule has 0 aliphatic rings. The van der Waals surface area contributed by atoms with Crippen LogP contribution in [0.2, 0.25) is 0 Å². The van der Waals surface area contributed by atoms with Gasteiger partial charge in [-0.1, -0.05) is 30.0 Å². The molecule has 10 heteroatoms. The van der Waals surface area contributed by atoms with E-state index in [-0.39, 0.29) is 30.4 Å². The summed E-state index contributed by atoms with van der Waals surface area (Å²) >= 11 is 0. The van der Waals surface area contributed by atoms with Gasteiger partial charge in [0, 0.05) is 34.5 Å². The number of nitrogens with one attached hydrogen (secondary N) is 4. The first-order chi connectivity index (χ1) is 19.3. The second kappa shape index (κ2) is 14.8. The minimum atomic E-state index is -1.31. The Hall–Kier alpha value is -5.00. The lowest BCUT2D eigenvalue weighted by molar-refractivity contribution is -0.133. The molecule has 3 aromatic rings. The highest BCUT2D eigenvalue weighted by atomic mass is 19.1. The number of hydrogen-bond acceptors (Lipinski definition) is 6. The predicted molar refractivity (Wildman–Crippen MR) is 146 cm³/mol. The Labute approximate surface area is 230 Å².